The Morgan fingerprint density at radius 1 is 0.912 bits per heavy atom. The molecule has 4 aromatic rings. The van der Waals surface area contributed by atoms with Gasteiger partial charge in [0.25, 0.3) is 0 Å². The molecule has 2 heterocycles. The van der Waals surface area contributed by atoms with Crippen LogP contribution in [0, 0.1) is 0 Å². The molecule has 0 aliphatic heterocycles. The van der Waals surface area contributed by atoms with Gasteiger partial charge >= 0.3 is 0 Å². The van der Waals surface area contributed by atoms with Crippen LogP contribution in [0.3, 0.4) is 0 Å². The number of ether oxygens (including phenoxy) is 4. The maximum atomic E-state index is 12.3. The van der Waals surface area contributed by atoms with Gasteiger partial charge in [0.15, 0.2) is 23.0 Å². The molecule has 0 atom stereocenters. The molecule has 176 valence electrons. The maximum absolute atomic E-state index is 12.3. The molecule has 0 fully saturated rings. The number of hydrogen-bond acceptors (Lipinski definition) is 8. The Labute approximate surface area is 196 Å². The quantitative estimate of drug-likeness (QED) is 0.358. The summed E-state index contributed by atoms with van der Waals surface area (Å²) in [4.78, 5) is 12.3. The van der Waals surface area contributed by atoms with E-state index in [-0.39, 0.29) is 18.9 Å². The highest BCUT2D eigenvalue weighted by atomic mass is 16.5. The number of rotatable bonds is 10. The molecule has 1 N–H and O–H groups in total. The van der Waals surface area contributed by atoms with Crippen molar-refractivity contribution in [2.45, 2.75) is 6.42 Å². The number of nitrogens with zero attached hydrogens (tertiary/aromatic N) is 4. The highest BCUT2D eigenvalue weighted by Crippen LogP contribution is 2.31. The smallest absolute Gasteiger partial charge is 0.231 e. The summed E-state index contributed by atoms with van der Waals surface area (Å²) in [5, 5.41) is 15.7. The molecule has 0 bridgehead atoms. The highest BCUT2D eigenvalue weighted by molar-refractivity contribution is 5.79. The average molecular weight is 463 g/mol. The molecule has 10 heteroatoms. The Bertz CT molecular complexity index is 1290. The van der Waals surface area contributed by atoms with E-state index in [2.05, 4.69) is 20.6 Å². The van der Waals surface area contributed by atoms with Crippen LogP contribution in [-0.2, 0) is 11.2 Å². The van der Waals surface area contributed by atoms with E-state index in [0.717, 1.165) is 11.1 Å². The van der Waals surface area contributed by atoms with Crippen molar-refractivity contribution >= 4 is 11.6 Å². The number of para-hydroxylation sites is 1. The fourth-order valence-corrected chi connectivity index (χ4v) is 3.43. The van der Waals surface area contributed by atoms with Gasteiger partial charge in [0.1, 0.15) is 12.4 Å². The van der Waals surface area contributed by atoms with Crippen LogP contribution in [0.2, 0.25) is 0 Å². The largest absolute Gasteiger partial charge is 0.496 e. The van der Waals surface area contributed by atoms with E-state index < -0.39 is 0 Å². The molecular formula is C24H25N5O5. The molecule has 0 aliphatic carbocycles. The molecule has 2 aromatic heterocycles. The van der Waals surface area contributed by atoms with E-state index in [1.54, 1.807) is 44.0 Å². The van der Waals surface area contributed by atoms with Crippen molar-refractivity contribution in [3.05, 3.63) is 60.2 Å². The first kappa shape index (κ1) is 22.8. The van der Waals surface area contributed by atoms with Crippen LogP contribution in [0.1, 0.15) is 5.56 Å². The molecule has 0 saturated carbocycles. The lowest BCUT2D eigenvalue weighted by Gasteiger charge is -2.10. The lowest BCUT2D eigenvalue weighted by atomic mass is 10.1. The van der Waals surface area contributed by atoms with E-state index in [0.29, 0.717) is 41.1 Å². The fourth-order valence-electron chi connectivity index (χ4n) is 3.43. The zero-order valence-corrected chi connectivity index (χ0v) is 19.1. The van der Waals surface area contributed by atoms with Crippen molar-refractivity contribution in [3.63, 3.8) is 0 Å². The maximum Gasteiger partial charge on any atom is 0.231 e. The second kappa shape index (κ2) is 10.5. The molecule has 4 rings (SSSR count). The Morgan fingerprint density at radius 3 is 2.50 bits per heavy atom. The Kier molecular flexibility index (Phi) is 7.07. The van der Waals surface area contributed by atoms with Crippen molar-refractivity contribution in [2.24, 2.45) is 0 Å². The van der Waals surface area contributed by atoms with E-state index in [1.165, 1.54) is 0 Å². The van der Waals surface area contributed by atoms with Gasteiger partial charge in [0.05, 0.1) is 34.3 Å². The second-order valence-electron chi connectivity index (χ2n) is 7.22. The van der Waals surface area contributed by atoms with Gasteiger partial charge in [0.2, 0.25) is 11.8 Å². The first-order valence-corrected chi connectivity index (χ1v) is 10.6. The number of methoxy groups -OCH3 is 3. The summed E-state index contributed by atoms with van der Waals surface area (Å²) in [6.07, 6.45) is 0.226. The summed E-state index contributed by atoms with van der Waals surface area (Å²) in [6, 6.07) is 16.4. The van der Waals surface area contributed by atoms with Crippen LogP contribution in [-0.4, -0.2) is 60.2 Å². The van der Waals surface area contributed by atoms with E-state index in [4.69, 9.17) is 18.9 Å². The lowest BCUT2D eigenvalue weighted by Crippen LogP contribution is -2.29. The summed E-state index contributed by atoms with van der Waals surface area (Å²) in [7, 11) is 4.74. The van der Waals surface area contributed by atoms with Crippen LogP contribution in [0.25, 0.3) is 17.0 Å². The van der Waals surface area contributed by atoms with Crippen molar-refractivity contribution in [1.29, 1.82) is 0 Å². The van der Waals surface area contributed by atoms with Gasteiger partial charge in [-0.05, 0) is 30.3 Å². The van der Waals surface area contributed by atoms with Gasteiger partial charge in [-0.25, -0.2) is 0 Å². The number of benzene rings is 2. The van der Waals surface area contributed by atoms with Gasteiger partial charge in [-0.3, -0.25) is 4.79 Å². The number of amides is 1. The minimum atomic E-state index is -0.119. The predicted molar refractivity (Wildman–Crippen MR) is 125 cm³/mol. The summed E-state index contributed by atoms with van der Waals surface area (Å²) in [5.74, 6) is 2.68. The van der Waals surface area contributed by atoms with Crippen molar-refractivity contribution in [1.82, 2.24) is 25.1 Å². The van der Waals surface area contributed by atoms with Crippen LogP contribution in [0.5, 0.6) is 23.1 Å². The van der Waals surface area contributed by atoms with Crippen LogP contribution < -0.4 is 24.3 Å². The third kappa shape index (κ3) is 5.01. The zero-order chi connectivity index (χ0) is 23.9. The van der Waals surface area contributed by atoms with Gasteiger partial charge < -0.3 is 24.3 Å². The number of hydrogen-bond donors (Lipinski definition) is 1. The third-order valence-electron chi connectivity index (χ3n) is 5.10. The first-order chi connectivity index (χ1) is 16.6. The summed E-state index contributed by atoms with van der Waals surface area (Å²) >= 11 is 0. The van der Waals surface area contributed by atoms with Crippen LogP contribution in [0.4, 0.5) is 0 Å². The number of nitrogens with one attached hydrogen (secondary N) is 1. The number of carbonyl (C=O) groups excluding carboxylic acids is 1. The molecule has 2 aromatic carbocycles. The van der Waals surface area contributed by atoms with Crippen molar-refractivity contribution < 1.29 is 23.7 Å². The Morgan fingerprint density at radius 2 is 1.71 bits per heavy atom. The van der Waals surface area contributed by atoms with E-state index in [9.17, 15) is 4.79 Å². The number of fused-ring (bicyclic) bond motifs is 1. The molecular weight excluding hydrogens is 438 g/mol. The van der Waals surface area contributed by atoms with E-state index >= 15 is 0 Å². The minimum Gasteiger partial charge on any atom is -0.496 e. The topological polar surface area (TPSA) is 109 Å². The third-order valence-corrected chi connectivity index (χ3v) is 5.10. The van der Waals surface area contributed by atoms with Crippen LogP contribution >= 0.6 is 0 Å². The van der Waals surface area contributed by atoms with Gasteiger partial charge in [-0.1, -0.05) is 18.2 Å². The highest BCUT2D eigenvalue weighted by Gasteiger charge is 2.14. The van der Waals surface area contributed by atoms with Gasteiger partial charge in [-0.2, -0.15) is 4.52 Å². The number of carbonyl (C=O) groups is 1. The Balaban J connectivity index is 1.38. The standard InChI is InChI=1S/C24H25N5O5/c1-31-18-7-5-4-6-16(18)15-22(30)25-12-13-34-23-11-10-21-26-27-24(29(21)28-23)17-8-9-19(32-2)20(14-17)33-3/h4-11,14H,12-13,15H2,1-3H3,(H,25,30). The molecule has 0 aliphatic rings. The summed E-state index contributed by atoms with van der Waals surface area (Å²) in [5.41, 5.74) is 2.16. The summed E-state index contributed by atoms with van der Waals surface area (Å²) in [6.45, 7) is 0.586. The van der Waals surface area contributed by atoms with Crippen molar-refractivity contribution in [3.8, 4) is 34.5 Å². The fraction of sp³-hybridized carbons (Fsp3) is 0.250. The molecule has 0 spiro atoms. The van der Waals surface area contributed by atoms with Gasteiger partial charge in [0, 0.05) is 17.2 Å². The van der Waals surface area contributed by atoms with E-state index in [1.807, 2.05) is 36.4 Å². The SMILES string of the molecule is COc1ccccc1CC(=O)NCCOc1ccc2nnc(-c3ccc(OC)c(OC)c3)n2n1. The monoisotopic (exact) mass is 463 g/mol. The molecule has 10 nitrogen and oxygen atoms in total. The van der Waals surface area contributed by atoms with Gasteiger partial charge in [-0.15, -0.1) is 15.3 Å². The van der Waals surface area contributed by atoms with Crippen LogP contribution in [0.15, 0.2) is 54.6 Å². The minimum absolute atomic E-state index is 0.119. The number of aromatic nitrogens is 4. The normalized spacial score (nSPS) is 10.7. The first-order valence-electron chi connectivity index (χ1n) is 10.6. The Hall–Kier alpha value is -4.34. The van der Waals surface area contributed by atoms with Crippen molar-refractivity contribution in [2.75, 3.05) is 34.5 Å². The lowest BCUT2D eigenvalue weighted by molar-refractivity contribution is -0.120. The molecule has 34 heavy (non-hydrogen) atoms. The molecule has 0 radical (unpaired) electrons. The summed E-state index contributed by atoms with van der Waals surface area (Å²) < 4.78 is 23.3. The second-order valence-corrected chi connectivity index (χ2v) is 7.22. The molecule has 0 unspecified atom stereocenters. The predicted octanol–water partition coefficient (Wildman–Crippen LogP) is 2.55. The molecule has 1 amide bonds. The zero-order valence-electron chi connectivity index (χ0n) is 19.1. The average Bonchev–Trinajstić information content (AvgIpc) is 3.30. The molecule has 0 saturated heterocycles.